The predicted octanol–water partition coefficient (Wildman–Crippen LogP) is 3.32. The molecule has 0 bridgehead atoms. The second-order valence-electron chi connectivity index (χ2n) is 7.65. The standard InChI is InChI=1S/C19H23Cl2N3O3/c1-11(10-19(2)17(26)22-18(27)23-19)16(25)24-5-3-12(4-6-24)13-7-14(20)9-15(21)8-13/h7-9,11-12H,3-6,10H2,1-2H3,(H2,22,23,26,27). The van der Waals surface area contributed by atoms with Crippen LogP contribution in [0.5, 0.6) is 0 Å². The maximum atomic E-state index is 12.8. The summed E-state index contributed by atoms with van der Waals surface area (Å²) in [5, 5.41) is 6.08. The van der Waals surface area contributed by atoms with Crippen LogP contribution in [0.4, 0.5) is 4.79 Å². The van der Waals surface area contributed by atoms with Gasteiger partial charge in [-0.15, -0.1) is 0 Å². The molecule has 6 nitrogen and oxygen atoms in total. The van der Waals surface area contributed by atoms with Crippen LogP contribution in [0, 0.1) is 5.92 Å². The molecular weight excluding hydrogens is 389 g/mol. The Bertz CT molecular complexity index is 757. The Kier molecular flexibility index (Phi) is 5.68. The first-order valence-electron chi connectivity index (χ1n) is 9.06. The van der Waals surface area contributed by atoms with E-state index in [1.807, 2.05) is 17.0 Å². The van der Waals surface area contributed by atoms with E-state index in [1.165, 1.54) is 0 Å². The summed E-state index contributed by atoms with van der Waals surface area (Å²) in [7, 11) is 0. The Morgan fingerprint density at radius 2 is 1.81 bits per heavy atom. The average Bonchev–Trinajstić information content (AvgIpc) is 2.85. The van der Waals surface area contributed by atoms with Gasteiger partial charge in [-0.2, -0.15) is 0 Å². The van der Waals surface area contributed by atoms with E-state index in [-0.39, 0.29) is 24.2 Å². The van der Waals surface area contributed by atoms with Crippen molar-refractivity contribution in [3.05, 3.63) is 33.8 Å². The molecule has 0 radical (unpaired) electrons. The summed E-state index contributed by atoms with van der Waals surface area (Å²) in [5.74, 6) is -0.425. The van der Waals surface area contributed by atoms with Gasteiger partial charge in [0.1, 0.15) is 5.54 Å². The molecule has 2 fully saturated rings. The van der Waals surface area contributed by atoms with Crippen LogP contribution >= 0.6 is 23.2 Å². The van der Waals surface area contributed by atoms with Crippen molar-refractivity contribution in [1.82, 2.24) is 15.5 Å². The molecule has 2 aliphatic rings. The Morgan fingerprint density at radius 1 is 1.22 bits per heavy atom. The van der Waals surface area contributed by atoms with Crippen molar-refractivity contribution < 1.29 is 14.4 Å². The topological polar surface area (TPSA) is 78.5 Å². The number of imide groups is 1. The lowest BCUT2D eigenvalue weighted by Gasteiger charge is -2.35. The predicted molar refractivity (Wildman–Crippen MR) is 104 cm³/mol. The first kappa shape index (κ1) is 20.0. The first-order chi connectivity index (χ1) is 12.7. The highest BCUT2D eigenvalue weighted by Crippen LogP contribution is 2.32. The normalized spacial score (nSPS) is 24.5. The molecular formula is C19H23Cl2N3O3. The molecule has 2 unspecified atom stereocenters. The van der Waals surface area contributed by atoms with Crippen LogP contribution in [0.1, 0.15) is 44.6 Å². The molecule has 0 aliphatic carbocycles. The number of hydrogen-bond acceptors (Lipinski definition) is 3. The van der Waals surface area contributed by atoms with Gasteiger partial charge in [0.25, 0.3) is 5.91 Å². The number of rotatable bonds is 4. The number of amides is 4. The van der Waals surface area contributed by atoms with Gasteiger partial charge in [0.05, 0.1) is 0 Å². The van der Waals surface area contributed by atoms with Gasteiger partial charge in [-0.25, -0.2) is 4.79 Å². The van der Waals surface area contributed by atoms with E-state index in [4.69, 9.17) is 23.2 Å². The van der Waals surface area contributed by atoms with E-state index >= 15 is 0 Å². The second kappa shape index (κ2) is 7.68. The number of benzene rings is 1. The van der Waals surface area contributed by atoms with Gasteiger partial charge in [-0.05, 0) is 55.9 Å². The molecule has 0 spiro atoms. The lowest BCUT2D eigenvalue weighted by Crippen LogP contribution is -2.48. The van der Waals surface area contributed by atoms with Gasteiger partial charge in [-0.1, -0.05) is 30.1 Å². The van der Waals surface area contributed by atoms with E-state index in [2.05, 4.69) is 10.6 Å². The SMILES string of the molecule is CC(CC1(C)NC(=O)NC1=O)C(=O)N1CCC(c2cc(Cl)cc(Cl)c2)CC1. The summed E-state index contributed by atoms with van der Waals surface area (Å²) in [6.07, 6.45) is 1.94. The van der Waals surface area contributed by atoms with Crippen LogP contribution < -0.4 is 10.6 Å². The van der Waals surface area contributed by atoms with Crippen molar-refractivity contribution in [2.45, 2.75) is 44.6 Å². The number of hydrogen-bond donors (Lipinski definition) is 2. The maximum Gasteiger partial charge on any atom is 0.322 e. The van der Waals surface area contributed by atoms with E-state index in [0.717, 1.165) is 18.4 Å². The largest absolute Gasteiger partial charge is 0.342 e. The van der Waals surface area contributed by atoms with Gasteiger partial charge in [0.2, 0.25) is 5.91 Å². The van der Waals surface area contributed by atoms with E-state index in [1.54, 1.807) is 19.9 Å². The molecule has 1 aromatic rings. The summed E-state index contributed by atoms with van der Waals surface area (Å²) in [6.45, 7) is 4.74. The molecule has 2 atom stereocenters. The maximum absolute atomic E-state index is 12.8. The van der Waals surface area contributed by atoms with Crippen molar-refractivity contribution in [1.29, 1.82) is 0 Å². The van der Waals surface area contributed by atoms with Gasteiger partial charge >= 0.3 is 6.03 Å². The molecule has 27 heavy (non-hydrogen) atoms. The fourth-order valence-corrected chi connectivity index (χ4v) is 4.52. The minimum atomic E-state index is -1.04. The van der Waals surface area contributed by atoms with Crippen LogP contribution in [-0.2, 0) is 9.59 Å². The zero-order chi connectivity index (χ0) is 19.8. The summed E-state index contributed by atoms with van der Waals surface area (Å²) in [6, 6.07) is 5.06. The quantitative estimate of drug-likeness (QED) is 0.745. The Balaban J connectivity index is 1.58. The molecule has 8 heteroatoms. The number of carbonyl (C=O) groups is 3. The van der Waals surface area contributed by atoms with Crippen LogP contribution in [0.3, 0.4) is 0 Å². The van der Waals surface area contributed by atoms with Crippen molar-refractivity contribution in [2.75, 3.05) is 13.1 Å². The Labute approximate surface area is 168 Å². The molecule has 146 valence electrons. The molecule has 2 N–H and O–H groups in total. The average molecular weight is 412 g/mol. The highest BCUT2D eigenvalue weighted by molar-refractivity contribution is 6.34. The monoisotopic (exact) mass is 411 g/mol. The van der Waals surface area contributed by atoms with Gasteiger partial charge in [-0.3, -0.25) is 14.9 Å². The minimum absolute atomic E-state index is 0.00718. The van der Waals surface area contributed by atoms with E-state index in [9.17, 15) is 14.4 Å². The molecule has 1 aromatic carbocycles. The number of piperidine rings is 1. The number of nitrogens with one attached hydrogen (secondary N) is 2. The van der Waals surface area contributed by atoms with Gasteiger partial charge in [0, 0.05) is 29.1 Å². The first-order valence-corrected chi connectivity index (χ1v) is 9.82. The van der Waals surface area contributed by atoms with Crippen molar-refractivity contribution in [3.8, 4) is 0 Å². The minimum Gasteiger partial charge on any atom is -0.342 e. The van der Waals surface area contributed by atoms with E-state index < -0.39 is 11.6 Å². The fraction of sp³-hybridized carbons (Fsp3) is 0.526. The summed E-state index contributed by atoms with van der Waals surface area (Å²) < 4.78 is 0. The summed E-state index contributed by atoms with van der Waals surface area (Å²) in [4.78, 5) is 38.0. The van der Waals surface area contributed by atoms with Crippen LogP contribution in [-0.4, -0.2) is 41.4 Å². The lowest BCUT2D eigenvalue weighted by molar-refractivity contribution is -0.137. The van der Waals surface area contributed by atoms with Crippen molar-refractivity contribution in [2.24, 2.45) is 5.92 Å². The molecule has 3 rings (SSSR count). The number of urea groups is 1. The smallest absolute Gasteiger partial charge is 0.322 e. The van der Waals surface area contributed by atoms with Crippen LogP contribution in [0.25, 0.3) is 0 Å². The molecule has 4 amide bonds. The van der Waals surface area contributed by atoms with Gasteiger partial charge < -0.3 is 10.2 Å². The number of nitrogens with zero attached hydrogens (tertiary/aromatic N) is 1. The lowest BCUT2D eigenvalue weighted by atomic mass is 9.87. The molecule has 2 saturated heterocycles. The third-order valence-electron chi connectivity index (χ3n) is 5.42. The fourth-order valence-electron chi connectivity index (χ4n) is 3.98. The highest BCUT2D eigenvalue weighted by atomic mass is 35.5. The van der Waals surface area contributed by atoms with Crippen LogP contribution in [0.2, 0.25) is 10.0 Å². The number of halogens is 2. The molecule has 0 saturated carbocycles. The molecule has 0 aromatic heterocycles. The van der Waals surface area contributed by atoms with Crippen LogP contribution in [0.15, 0.2) is 18.2 Å². The Hall–Kier alpha value is -1.79. The summed E-state index contributed by atoms with van der Waals surface area (Å²) >= 11 is 12.2. The molecule has 2 heterocycles. The van der Waals surface area contributed by atoms with E-state index in [0.29, 0.717) is 29.1 Å². The summed E-state index contributed by atoms with van der Waals surface area (Å²) in [5.41, 5.74) is 0.0626. The molecule has 2 aliphatic heterocycles. The second-order valence-corrected chi connectivity index (χ2v) is 8.52. The van der Waals surface area contributed by atoms with Gasteiger partial charge in [0.15, 0.2) is 0 Å². The highest BCUT2D eigenvalue weighted by Gasteiger charge is 2.44. The number of carbonyl (C=O) groups excluding carboxylic acids is 3. The Morgan fingerprint density at radius 3 is 2.33 bits per heavy atom. The third-order valence-corrected chi connectivity index (χ3v) is 5.85. The zero-order valence-electron chi connectivity index (χ0n) is 15.4. The zero-order valence-corrected chi connectivity index (χ0v) is 16.9. The van der Waals surface area contributed by atoms with Crippen molar-refractivity contribution >= 4 is 41.0 Å². The van der Waals surface area contributed by atoms with Crippen molar-refractivity contribution in [3.63, 3.8) is 0 Å². The third kappa shape index (κ3) is 4.38. The number of likely N-dealkylation sites (tertiary alicyclic amines) is 1.